The Morgan fingerprint density at radius 1 is 1.33 bits per heavy atom. The summed E-state index contributed by atoms with van der Waals surface area (Å²) in [6.07, 6.45) is 6.70. The van der Waals surface area contributed by atoms with Crippen LogP contribution in [0.25, 0.3) is 0 Å². The number of hydrogen-bond acceptors (Lipinski definition) is 3. The molecular weight excluding hydrogens is 156 g/mol. The first-order valence-corrected chi connectivity index (χ1v) is 4.26. The Labute approximate surface area is 71.6 Å². The van der Waals surface area contributed by atoms with Gasteiger partial charge >= 0.3 is 0 Å². The second-order valence-electron chi connectivity index (χ2n) is 3.30. The lowest BCUT2D eigenvalue weighted by Crippen LogP contribution is -2.25. The van der Waals surface area contributed by atoms with Crippen LogP contribution in [0.2, 0.25) is 0 Å². The highest BCUT2D eigenvalue weighted by molar-refractivity contribution is 4.87. The Morgan fingerprint density at radius 2 is 1.92 bits per heavy atom. The Balaban J connectivity index is 2.30. The van der Waals surface area contributed by atoms with E-state index in [1.165, 1.54) is 0 Å². The molecule has 1 fully saturated rings. The van der Waals surface area contributed by atoms with Crippen molar-refractivity contribution in [3.63, 3.8) is 0 Å². The molecule has 0 aromatic heterocycles. The Kier molecular flexibility index (Phi) is 3.22. The molecule has 2 N–H and O–H groups in total. The van der Waals surface area contributed by atoms with Gasteiger partial charge < -0.3 is 5.73 Å². The van der Waals surface area contributed by atoms with Gasteiger partial charge in [0.2, 0.25) is 6.20 Å². The van der Waals surface area contributed by atoms with Crippen LogP contribution in [0.4, 0.5) is 0 Å². The predicted molar refractivity (Wildman–Crippen MR) is 46.1 cm³/mol. The minimum atomic E-state index is -0.408. The zero-order valence-electron chi connectivity index (χ0n) is 6.98. The van der Waals surface area contributed by atoms with E-state index in [1.54, 1.807) is 6.08 Å². The molecule has 0 radical (unpaired) electrons. The third-order valence-electron chi connectivity index (χ3n) is 2.30. The Bertz CT molecular complexity index is 183. The van der Waals surface area contributed by atoms with E-state index < -0.39 is 4.92 Å². The monoisotopic (exact) mass is 170 g/mol. The average Bonchev–Trinajstić information content (AvgIpc) is 2.03. The molecule has 0 saturated heterocycles. The molecule has 0 aliphatic heterocycles. The van der Waals surface area contributed by atoms with Crippen molar-refractivity contribution in [1.82, 2.24) is 0 Å². The van der Waals surface area contributed by atoms with Gasteiger partial charge in [-0.15, -0.1) is 0 Å². The van der Waals surface area contributed by atoms with Gasteiger partial charge in [0, 0.05) is 6.04 Å². The molecule has 4 heteroatoms. The van der Waals surface area contributed by atoms with Gasteiger partial charge in [0.1, 0.15) is 0 Å². The van der Waals surface area contributed by atoms with Crippen molar-refractivity contribution in [3.05, 3.63) is 22.4 Å². The Morgan fingerprint density at radius 3 is 2.42 bits per heavy atom. The van der Waals surface area contributed by atoms with E-state index in [0.717, 1.165) is 31.9 Å². The van der Waals surface area contributed by atoms with E-state index >= 15 is 0 Å². The Hall–Kier alpha value is -0.900. The quantitative estimate of drug-likeness (QED) is 0.501. The maximum absolute atomic E-state index is 10.0. The standard InChI is InChI=1S/C8H14N2O2/c9-8-3-1-7(2-4-8)5-6-10(11)12/h5-8H,1-4,9H2/b6-5+. The van der Waals surface area contributed by atoms with E-state index in [9.17, 15) is 10.1 Å². The molecule has 0 unspecified atom stereocenters. The fraction of sp³-hybridized carbons (Fsp3) is 0.750. The fourth-order valence-corrected chi connectivity index (χ4v) is 1.53. The van der Waals surface area contributed by atoms with Crippen LogP contribution < -0.4 is 5.73 Å². The van der Waals surface area contributed by atoms with Gasteiger partial charge in [-0.05, 0) is 37.7 Å². The minimum Gasteiger partial charge on any atom is -0.328 e. The zero-order chi connectivity index (χ0) is 8.97. The molecule has 0 aromatic rings. The maximum Gasteiger partial charge on any atom is 0.230 e. The van der Waals surface area contributed by atoms with Crippen molar-refractivity contribution >= 4 is 0 Å². The summed E-state index contributed by atoms with van der Waals surface area (Å²) in [4.78, 5) is 9.59. The van der Waals surface area contributed by atoms with Crippen molar-refractivity contribution in [3.8, 4) is 0 Å². The minimum absolute atomic E-state index is 0.310. The highest BCUT2D eigenvalue weighted by Gasteiger charge is 2.16. The molecule has 0 spiro atoms. The summed E-state index contributed by atoms with van der Waals surface area (Å²) < 4.78 is 0. The predicted octanol–water partition coefficient (Wildman–Crippen LogP) is 1.29. The van der Waals surface area contributed by atoms with Gasteiger partial charge in [0.15, 0.2) is 0 Å². The van der Waals surface area contributed by atoms with E-state index in [4.69, 9.17) is 5.73 Å². The first-order valence-electron chi connectivity index (χ1n) is 4.26. The van der Waals surface area contributed by atoms with E-state index in [2.05, 4.69) is 0 Å². The fourth-order valence-electron chi connectivity index (χ4n) is 1.53. The van der Waals surface area contributed by atoms with Gasteiger partial charge in [-0.2, -0.15) is 0 Å². The summed E-state index contributed by atoms with van der Waals surface area (Å²) in [6, 6.07) is 0.310. The molecule has 0 bridgehead atoms. The number of nitro groups is 1. The largest absolute Gasteiger partial charge is 0.328 e. The summed E-state index contributed by atoms with van der Waals surface area (Å²) in [7, 11) is 0. The van der Waals surface area contributed by atoms with Crippen LogP contribution in [-0.4, -0.2) is 11.0 Å². The number of nitrogens with zero attached hydrogens (tertiary/aromatic N) is 1. The van der Waals surface area contributed by atoms with Crippen LogP contribution in [-0.2, 0) is 0 Å². The molecule has 0 aromatic carbocycles. The zero-order valence-corrected chi connectivity index (χ0v) is 6.98. The topological polar surface area (TPSA) is 69.2 Å². The van der Waals surface area contributed by atoms with Gasteiger partial charge in [-0.3, -0.25) is 10.1 Å². The van der Waals surface area contributed by atoms with Crippen LogP contribution in [0.1, 0.15) is 25.7 Å². The third-order valence-corrected chi connectivity index (χ3v) is 2.30. The SMILES string of the molecule is NC1CCC(/C=C/[N+](=O)[O-])CC1. The van der Waals surface area contributed by atoms with Crippen LogP contribution in [0.3, 0.4) is 0 Å². The molecule has 0 atom stereocenters. The lowest BCUT2D eigenvalue weighted by molar-refractivity contribution is -0.402. The highest BCUT2D eigenvalue weighted by Crippen LogP contribution is 2.23. The molecule has 1 aliphatic carbocycles. The van der Waals surface area contributed by atoms with Crippen molar-refractivity contribution in [2.45, 2.75) is 31.7 Å². The van der Waals surface area contributed by atoms with Crippen LogP contribution in [0.15, 0.2) is 12.3 Å². The van der Waals surface area contributed by atoms with Gasteiger partial charge in [-0.25, -0.2) is 0 Å². The van der Waals surface area contributed by atoms with Crippen molar-refractivity contribution in [2.24, 2.45) is 11.7 Å². The summed E-state index contributed by atoms with van der Waals surface area (Å²) in [5.41, 5.74) is 5.69. The summed E-state index contributed by atoms with van der Waals surface area (Å²) in [5.74, 6) is 0.371. The van der Waals surface area contributed by atoms with Crippen LogP contribution in [0, 0.1) is 16.0 Å². The van der Waals surface area contributed by atoms with E-state index in [1.807, 2.05) is 0 Å². The molecule has 4 nitrogen and oxygen atoms in total. The first kappa shape index (κ1) is 9.19. The average molecular weight is 170 g/mol. The number of hydrogen-bond donors (Lipinski definition) is 1. The second kappa shape index (κ2) is 4.21. The molecule has 0 heterocycles. The third kappa shape index (κ3) is 3.00. The molecule has 12 heavy (non-hydrogen) atoms. The summed E-state index contributed by atoms with van der Waals surface area (Å²) in [6.45, 7) is 0. The van der Waals surface area contributed by atoms with Gasteiger partial charge in [0.25, 0.3) is 0 Å². The molecule has 68 valence electrons. The lowest BCUT2D eigenvalue weighted by atomic mass is 9.86. The summed E-state index contributed by atoms with van der Waals surface area (Å²) >= 11 is 0. The highest BCUT2D eigenvalue weighted by atomic mass is 16.6. The van der Waals surface area contributed by atoms with Gasteiger partial charge in [-0.1, -0.05) is 0 Å². The molecule has 1 rings (SSSR count). The lowest BCUT2D eigenvalue weighted by Gasteiger charge is -2.22. The molecular formula is C8H14N2O2. The number of allylic oxidation sites excluding steroid dienone is 1. The molecule has 1 aliphatic rings. The van der Waals surface area contributed by atoms with Crippen molar-refractivity contribution in [1.29, 1.82) is 0 Å². The van der Waals surface area contributed by atoms with Crippen LogP contribution in [0.5, 0.6) is 0 Å². The van der Waals surface area contributed by atoms with E-state index in [0.29, 0.717) is 12.0 Å². The number of rotatable bonds is 2. The molecule has 1 saturated carbocycles. The number of nitrogens with two attached hydrogens (primary N) is 1. The van der Waals surface area contributed by atoms with Crippen LogP contribution >= 0.6 is 0 Å². The molecule has 0 amide bonds. The normalized spacial score (nSPS) is 30.8. The van der Waals surface area contributed by atoms with E-state index in [-0.39, 0.29) is 0 Å². The van der Waals surface area contributed by atoms with Gasteiger partial charge in [0.05, 0.1) is 4.92 Å². The summed E-state index contributed by atoms with van der Waals surface area (Å²) in [5, 5.41) is 10.0. The maximum atomic E-state index is 10.0. The second-order valence-corrected chi connectivity index (χ2v) is 3.30. The smallest absolute Gasteiger partial charge is 0.230 e. The first-order chi connectivity index (χ1) is 5.68. The van der Waals surface area contributed by atoms with Crippen molar-refractivity contribution in [2.75, 3.05) is 0 Å². The van der Waals surface area contributed by atoms with Crippen molar-refractivity contribution < 1.29 is 4.92 Å².